The molecule has 0 spiro atoms. The maximum Gasteiger partial charge on any atom is 0.418 e. The predicted molar refractivity (Wildman–Crippen MR) is 144 cm³/mol. The van der Waals surface area contributed by atoms with Gasteiger partial charge in [-0.15, -0.1) is 10.2 Å². The lowest BCUT2D eigenvalue weighted by Crippen LogP contribution is -2.35. The van der Waals surface area contributed by atoms with Crippen LogP contribution in [0.1, 0.15) is 53.8 Å². The molecule has 0 N–H and O–H groups in total. The van der Waals surface area contributed by atoms with E-state index in [1.165, 1.54) is 23.0 Å². The number of aromatic nitrogens is 5. The summed E-state index contributed by atoms with van der Waals surface area (Å²) in [5, 5.41) is 18.1. The number of alkyl halides is 3. The van der Waals surface area contributed by atoms with Crippen molar-refractivity contribution in [1.82, 2.24) is 28.6 Å². The van der Waals surface area contributed by atoms with E-state index in [0.717, 1.165) is 36.4 Å². The van der Waals surface area contributed by atoms with E-state index in [0.29, 0.717) is 48.3 Å². The van der Waals surface area contributed by atoms with Crippen LogP contribution in [0.25, 0.3) is 11.2 Å². The molecule has 1 aromatic carbocycles. The highest BCUT2D eigenvalue weighted by Crippen LogP contribution is 2.37. The largest absolute Gasteiger partial charge is 0.418 e. The first-order chi connectivity index (χ1) is 19.6. The Morgan fingerprint density at radius 3 is 2.63 bits per heavy atom. The Kier molecular flexibility index (Phi) is 6.95. The average molecular weight is 566 g/mol. The highest BCUT2D eigenvalue weighted by molar-refractivity contribution is 5.58. The number of aryl methyl sites for hydroxylation is 1. The van der Waals surface area contributed by atoms with E-state index in [-0.39, 0.29) is 22.9 Å². The summed E-state index contributed by atoms with van der Waals surface area (Å²) in [7, 11) is 1.82. The van der Waals surface area contributed by atoms with E-state index in [2.05, 4.69) is 28.1 Å². The summed E-state index contributed by atoms with van der Waals surface area (Å²) in [4.78, 5) is 15.8. The molecule has 0 radical (unpaired) electrons. The monoisotopic (exact) mass is 565 g/mol. The van der Waals surface area contributed by atoms with Crippen molar-refractivity contribution in [2.75, 3.05) is 26.3 Å². The van der Waals surface area contributed by atoms with E-state index in [1.54, 1.807) is 23.0 Å². The van der Waals surface area contributed by atoms with Gasteiger partial charge in [-0.3, -0.25) is 13.9 Å². The molecule has 4 aromatic rings. The van der Waals surface area contributed by atoms with Gasteiger partial charge in [0, 0.05) is 38.4 Å². The van der Waals surface area contributed by atoms with Crippen LogP contribution in [-0.2, 0) is 24.5 Å². The maximum atomic E-state index is 14.3. The second kappa shape index (κ2) is 10.5. The van der Waals surface area contributed by atoms with Gasteiger partial charge in [-0.25, -0.2) is 4.79 Å². The van der Waals surface area contributed by atoms with Gasteiger partial charge in [-0.1, -0.05) is 6.92 Å². The molecule has 9 nitrogen and oxygen atoms in total. The van der Waals surface area contributed by atoms with Crippen LogP contribution in [-0.4, -0.2) is 54.9 Å². The average Bonchev–Trinajstić information content (AvgIpc) is 3.47. The van der Waals surface area contributed by atoms with Crippen LogP contribution in [0.5, 0.6) is 0 Å². The second-order valence-corrected chi connectivity index (χ2v) is 11.3. The summed E-state index contributed by atoms with van der Waals surface area (Å²) in [6, 6.07) is 8.26. The zero-order valence-electron chi connectivity index (χ0n) is 22.8. The minimum Gasteiger partial charge on any atom is -0.381 e. The number of piperidine rings is 1. The Balaban J connectivity index is 1.47. The number of hydrogen-bond donors (Lipinski definition) is 0. The van der Waals surface area contributed by atoms with E-state index < -0.39 is 17.4 Å². The van der Waals surface area contributed by atoms with E-state index in [4.69, 9.17) is 4.74 Å². The number of hydrogen-bond acceptors (Lipinski definition) is 6. The van der Waals surface area contributed by atoms with Crippen molar-refractivity contribution in [2.24, 2.45) is 18.9 Å². The number of rotatable bonds is 6. The third-order valence-corrected chi connectivity index (χ3v) is 8.14. The standard InChI is InChI=1S/C29H30F3N7O2/c1-18-4-3-5-37(11-18)12-20-8-24(29(30,31)32)25-14-38(28(40)39(25)13-20)23-7-19(10-33)6-21(9-23)26(22-15-41-16-22)27-35-34-17-36(27)2/h6-9,13-14,17-18,22,26H,3-5,11-12,15-16H2,1-2H3/t18-,26-/m0/s1. The third-order valence-electron chi connectivity index (χ3n) is 8.14. The lowest BCUT2D eigenvalue weighted by molar-refractivity contribution is -0.136. The highest BCUT2D eigenvalue weighted by Gasteiger charge is 2.36. The molecule has 0 saturated carbocycles. The molecule has 2 aliphatic heterocycles. The molecule has 0 aliphatic carbocycles. The van der Waals surface area contributed by atoms with Crippen molar-refractivity contribution in [3.8, 4) is 11.8 Å². The molecule has 2 saturated heterocycles. The number of nitrogens with zero attached hydrogens (tertiary/aromatic N) is 7. The molecule has 5 heterocycles. The molecule has 2 atom stereocenters. The molecule has 2 aliphatic rings. The van der Waals surface area contributed by atoms with Crippen molar-refractivity contribution in [2.45, 2.75) is 38.4 Å². The molecule has 3 aromatic heterocycles. The van der Waals surface area contributed by atoms with Gasteiger partial charge in [0.1, 0.15) is 12.2 Å². The molecule has 214 valence electrons. The Hall–Kier alpha value is -3.95. The van der Waals surface area contributed by atoms with Crippen molar-refractivity contribution < 1.29 is 17.9 Å². The van der Waals surface area contributed by atoms with Crippen LogP contribution in [0, 0.1) is 23.2 Å². The molecule has 41 heavy (non-hydrogen) atoms. The quantitative estimate of drug-likeness (QED) is 0.349. The summed E-state index contributed by atoms with van der Waals surface area (Å²) in [6.07, 6.45) is 1.73. The van der Waals surface area contributed by atoms with E-state index >= 15 is 0 Å². The van der Waals surface area contributed by atoms with Gasteiger partial charge in [-0.2, -0.15) is 18.4 Å². The first kappa shape index (κ1) is 27.2. The van der Waals surface area contributed by atoms with Gasteiger partial charge in [0.15, 0.2) is 0 Å². The Morgan fingerprint density at radius 2 is 2.00 bits per heavy atom. The number of likely N-dealkylation sites (tertiary alicyclic amines) is 1. The summed E-state index contributed by atoms with van der Waals surface area (Å²) in [6.45, 7) is 5.07. The fourth-order valence-corrected chi connectivity index (χ4v) is 6.10. The number of benzene rings is 1. The van der Waals surface area contributed by atoms with Crippen LogP contribution in [0.3, 0.4) is 0 Å². The Labute approximate surface area is 234 Å². The van der Waals surface area contributed by atoms with Gasteiger partial charge in [0.25, 0.3) is 0 Å². The molecule has 6 rings (SSSR count). The maximum absolute atomic E-state index is 14.3. The molecule has 0 bridgehead atoms. The number of halogens is 3. The topological polar surface area (TPSA) is 93.4 Å². The summed E-state index contributed by atoms with van der Waals surface area (Å²) in [5.74, 6) is 0.934. The fourth-order valence-electron chi connectivity index (χ4n) is 6.10. The normalized spacial score (nSPS) is 19.3. The number of imidazole rings is 1. The SMILES string of the molecule is C[C@H]1CCCN(Cc2cc(C(F)(F)F)c3cn(-c4cc(C#N)cc([C@H](c5nncn5C)C5COC5)c4)c(=O)n3c2)C1. The van der Waals surface area contributed by atoms with Gasteiger partial charge in [-0.05, 0) is 60.7 Å². The summed E-state index contributed by atoms with van der Waals surface area (Å²) >= 11 is 0. The first-order valence-electron chi connectivity index (χ1n) is 13.7. The van der Waals surface area contributed by atoms with Gasteiger partial charge >= 0.3 is 11.9 Å². The fraction of sp³-hybridized carbons (Fsp3) is 0.448. The molecular weight excluding hydrogens is 535 g/mol. The van der Waals surface area contributed by atoms with Crippen LogP contribution in [0.2, 0.25) is 0 Å². The van der Waals surface area contributed by atoms with Crippen molar-refractivity contribution in [1.29, 1.82) is 5.26 Å². The number of nitriles is 1. The smallest absolute Gasteiger partial charge is 0.381 e. The van der Waals surface area contributed by atoms with Crippen LogP contribution in [0.15, 0.2) is 47.8 Å². The summed E-state index contributed by atoms with van der Waals surface area (Å²) < 4.78 is 52.4. The number of pyridine rings is 1. The van der Waals surface area contributed by atoms with Crippen molar-refractivity contribution >= 4 is 5.52 Å². The van der Waals surface area contributed by atoms with E-state index in [1.807, 2.05) is 7.05 Å². The molecular formula is C29H30F3N7O2. The van der Waals surface area contributed by atoms with E-state index in [9.17, 15) is 23.2 Å². The minimum atomic E-state index is -4.66. The van der Waals surface area contributed by atoms with Crippen molar-refractivity contribution in [3.63, 3.8) is 0 Å². The zero-order valence-corrected chi connectivity index (χ0v) is 22.8. The number of ether oxygens (including phenoxy) is 1. The lowest BCUT2D eigenvalue weighted by Gasteiger charge is -2.33. The third kappa shape index (κ3) is 5.15. The minimum absolute atomic E-state index is 0.0708. The Bertz CT molecular complexity index is 1690. The Morgan fingerprint density at radius 1 is 1.20 bits per heavy atom. The van der Waals surface area contributed by atoms with Crippen molar-refractivity contribution in [3.05, 3.63) is 81.5 Å². The number of fused-ring (bicyclic) bond motifs is 1. The molecule has 0 amide bonds. The molecule has 0 unspecified atom stereocenters. The lowest BCUT2D eigenvalue weighted by atomic mass is 9.83. The van der Waals surface area contributed by atoms with Gasteiger partial charge in [0.05, 0.1) is 47.5 Å². The van der Waals surface area contributed by atoms with Crippen LogP contribution >= 0.6 is 0 Å². The first-order valence-corrected chi connectivity index (χ1v) is 13.7. The van der Waals surface area contributed by atoms with Gasteiger partial charge < -0.3 is 9.30 Å². The molecule has 2 fully saturated rings. The molecule has 12 heteroatoms. The predicted octanol–water partition coefficient (Wildman–Crippen LogP) is 4.12. The van der Waals surface area contributed by atoms with Crippen LogP contribution < -0.4 is 5.69 Å². The second-order valence-electron chi connectivity index (χ2n) is 11.3. The zero-order chi connectivity index (χ0) is 28.9. The van der Waals surface area contributed by atoms with Crippen LogP contribution in [0.4, 0.5) is 13.2 Å². The van der Waals surface area contributed by atoms with Gasteiger partial charge in [0.2, 0.25) is 0 Å². The highest BCUT2D eigenvalue weighted by atomic mass is 19.4. The summed E-state index contributed by atoms with van der Waals surface area (Å²) in [5.41, 5.74) is -0.0139.